The molecule has 6 nitrogen and oxygen atoms in total. The zero-order chi connectivity index (χ0) is 27.6. The summed E-state index contributed by atoms with van der Waals surface area (Å²) in [5, 5.41) is 3.38. The third-order valence-electron chi connectivity index (χ3n) is 6.58. The number of methoxy groups -OCH3 is 1. The fraction of sp³-hybridized carbons (Fsp3) is 0.391. The van der Waals surface area contributed by atoms with Gasteiger partial charge in [0.25, 0.3) is 0 Å². The minimum Gasteiger partial charge on any atom is -0.496 e. The van der Waals surface area contributed by atoms with Crippen molar-refractivity contribution in [2.45, 2.75) is 48.9 Å². The molecule has 202 valence electrons. The molecular formula is C23H20F7NO5S. The summed E-state index contributed by atoms with van der Waals surface area (Å²) in [5.41, 5.74) is -3.08. The van der Waals surface area contributed by atoms with Crippen LogP contribution >= 0.6 is 0 Å². The summed E-state index contributed by atoms with van der Waals surface area (Å²) >= 11 is 0. The van der Waals surface area contributed by atoms with Crippen LogP contribution in [0.2, 0.25) is 0 Å². The van der Waals surface area contributed by atoms with E-state index in [1.807, 2.05) is 0 Å². The molecule has 2 aliphatic rings. The molecule has 2 heterocycles. The Balaban J connectivity index is 1.85. The van der Waals surface area contributed by atoms with E-state index in [1.54, 1.807) is 0 Å². The molecule has 0 radical (unpaired) electrons. The van der Waals surface area contributed by atoms with Crippen molar-refractivity contribution in [3.63, 3.8) is 0 Å². The number of nitrogens with one attached hydrogen (secondary N) is 1. The average molecular weight is 555 g/mol. The lowest BCUT2D eigenvalue weighted by molar-refractivity contribution is -0.274. The Kier molecular flexibility index (Phi) is 6.43. The lowest BCUT2D eigenvalue weighted by Gasteiger charge is -2.32. The first kappa shape index (κ1) is 27.0. The highest BCUT2D eigenvalue weighted by atomic mass is 32.2. The molecule has 0 aromatic heterocycles. The van der Waals surface area contributed by atoms with E-state index in [9.17, 15) is 39.2 Å². The van der Waals surface area contributed by atoms with Crippen LogP contribution in [0.4, 0.5) is 36.4 Å². The molecule has 1 saturated heterocycles. The van der Waals surface area contributed by atoms with Gasteiger partial charge in [-0.05, 0) is 31.2 Å². The molecule has 37 heavy (non-hydrogen) atoms. The Labute approximate surface area is 206 Å². The molecule has 0 bridgehead atoms. The van der Waals surface area contributed by atoms with Gasteiger partial charge in [0.2, 0.25) is 9.84 Å². The van der Waals surface area contributed by atoms with Gasteiger partial charge in [0.1, 0.15) is 23.4 Å². The van der Waals surface area contributed by atoms with Crippen LogP contribution in [-0.4, -0.2) is 39.8 Å². The first-order valence-corrected chi connectivity index (χ1v) is 12.2. The topological polar surface area (TPSA) is 73.9 Å². The van der Waals surface area contributed by atoms with Crippen molar-refractivity contribution in [3.05, 3.63) is 58.9 Å². The molecule has 0 amide bonds. The summed E-state index contributed by atoms with van der Waals surface area (Å²) in [4.78, 5) is -0.413. The van der Waals surface area contributed by atoms with Gasteiger partial charge in [0.05, 0.1) is 28.8 Å². The van der Waals surface area contributed by atoms with Gasteiger partial charge >= 0.3 is 12.5 Å². The number of alkyl halides is 6. The van der Waals surface area contributed by atoms with Crippen molar-refractivity contribution >= 4 is 15.5 Å². The Morgan fingerprint density at radius 2 is 1.73 bits per heavy atom. The zero-order valence-electron chi connectivity index (χ0n) is 19.4. The van der Waals surface area contributed by atoms with Gasteiger partial charge in [0, 0.05) is 23.5 Å². The highest BCUT2D eigenvalue weighted by molar-refractivity contribution is 7.94. The molecule has 2 aliphatic heterocycles. The monoisotopic (exact) mass is 555 g/mol. The Hall–Kier alpha value is -3.00. The summed E-state index contributed by atoms with van der Waals surface area (Å²) in [7, 11) is -3.18. The van der Waals surface area contributed by atoms with Crippen molar-refractivity contribution in [1.82, 2.24) is 0 Å². The first-order valence-electron chi connectivity index (χ1n) is 10.7. The van der Waals surface area contributed by atoms with Gasteiger partial charge in [0.15, 0.2) is 5.60 Å². The number of hydrogen-bond acceptors (Lipinski definition) is 6. The smallest absolute Gasteiger partial charge is 0.496 e. The van der Waals surface area contributed by atoms with Crippen molar-refractivity contribution in [2.24, 2.45) is 5.92 Å². The Bertz CT molecular complexity index is 1360. The fourth-order valence-electron chi connectivity index (χ4n) is 4.62. The summed E-state index contributed by atoms with van der Waals surface area (Å²) in [6.07, 6.45) is -11.5. The number of sulfone groups is 1. The third kappa shape index (κ3) is 4.83. The molecule has 0 unspecified atom stereocenters. The van der Waals surface area contributed by atoms with Gasteiger partial charge in [-0.2, -0.15) is 13.2 Å². The molecule has 4 rings (SSSR count). The normalized spacial score (nSPS) is 27.2. The van der Waals surface area contributed by atoms with E-state index in [-0.39, 0.29) is 22.7 Å². The van der Waals surface area contributed by atoms with E-state index in [0.29, 0.717) is 5.41 Å². The maximum Gasteiger partial charge on any atom is 0.573 e. The van der Waals surface area contributed by atoms with Crippen LogP contribution in [0.15, 0.2) is 52.4 Å². The van der Waals surface area contributed by atoms with Crippen molar-refractivity contribution in [3.8, 4) is 11.5 Å². The summed E-state index contributed by atoms with van der Waals surface area (Å²) < 4.78 is 135. The predicted molar refractivity (Wildman–Crippen MR) is 116 cm³/mol. The standard InChI is InChI=1S/C23H20F7NO5S/c1-11-19(14-6-5-13(9-17(14)34-3)35-23(28,29)30)20(36-21(11,2)22(25,26)27)16-10-37(32,33)18-8-12(24)4-7-15(18)31-16/h4-11,19-20,31H,1-3H3/t11-,19-,20-,21+/m0/s1. The van der Waals surface area contributed by atoms with Gasteiger partial charge in [-0.3, -0.25) is 0 Å². The van der Waals surface area contributed by atoms with Crippen LogP contribution in [0.3, 0.4) is 0 Å². The number of rotatable bonds is 4. The molecule has 4 atom stereocenters. The molecule has 0 aliphatic carbocycles. The second-order valence-corrected chi connectivity index (χ2v) is 10.6. The molecule has 1 N–H and O–H groups in total. The molecule has 2 aromatic rings. The molecule has 1 fully saturated rings. The summed E-state index contributed by atoms with van der Waals surface area (Å²) in [5.74, 6) is -4.32. The number of halogens is 7. The number of fused-ring (bicyclic) bond motifs is 1. The van der Waals surface area contributed by atoms with E-state index in [4.69, 9.17) is 9.47 Å². The maximum absolute atomic E-state index is 14.2. The minimum absolute atomic E-state index is 0.0347. The lowest BCUT2D eigenvalue weighted by Crippen LogP contribution is -2.47. The van der Waals surface area contributed by atoms with Gasteiger partial charge in [-0.25, -0.2) is 12.8 Å². The van der Waals surface area contributed by atoms with E-state index in [0.717, 1.165) is 50.4 Å². The zero-order valence-corrected chi connectivity index (χ0v) is 20.2. The number of benzene rings is 2. The van der Waals surface area contributed by atoms with E-state index >= 15 is 0 Å². The number of hydrogen-bond donors (Lipinski definition) is 1. The fourth-order valence-corrected chi connectivity index (χ4v) is 5.97. The highest BCUT2D eigenvalue weighted by Gasteiger charge is 2.65. The summed E-state index contributed by atoms with van der Waals surface area (Å²) in [6, 6.07) is 5.75. The highest BCUT2D eigenvalue weighted by Crippen LogP contribution is 2.56. The molecule has 0 saturated carbocycles. The second kappa shape index (κ2) is 8.79. The van der Waals surface area contributed by atoms with Crippen LogP contribution in [-0.2, 0) is 14.6 Å². The van der Waals surface area contributed by atoms with Crippen LogP contribution < -0.4 is 14.8 Å². The Morgan fingerprint density at radius 1 is 1.05 bits per heavy atom. The van der Waals surface area contributed by atoms with Crippen molar-refractivity contribution in [2.75, 3.05) is 12.4 Å². The van der Waals surface area contributed by atoms with Gasteiger partial charge < -0.3 is 19.5 Å². The van der Waals surface area contributed by atoms with E-state index < -0.39 is 62.4 Å². The third-order valence-corrected chi connectivity index (χ3v) is 8.10. The Morgan fingerprint density at radius 3 is 2.32 bits per heavy atom. The number of anilines is 1. The summed E-state index contributed by atoms with van der Waals surface area (Å²) in [6.45, 7) is 2.04. The SMILES string of the molecule is COc1cc(OC(F)(F)F)ccc1[C@H]1[C@H](C2=CS(=O)(=O)c3cc(F)ccc3N2)O[C@@](C)(C(F)(F)F)[C@H]1C. The van der Waals surface area contributed by atoms with E-state index in [1.165, 1.54) is 6.92 Å². The van der Waals surface area contributed by atoms with Gasteiger partial charge in [-0.15, -0.1) is 13.2 Å². The van der Waals surface area contributed by atoms with Crippen molar-refractivity contribution < 1.29 is 53.4 Å². The first-order chi connectivity index (χ1) is 17.0. The maximum atomic E-state index is 14.2. The molecule has 0 spiro atoms. The second-order valence-electron chi connectivity index (χ2n) is 8.79. The van der Waals surface area contributed by atoms with Crippen LogP contribution in [0, 0.1) is 11.7 Å². The van der Waals surface area contributed by atoms with Crippen LogP contribution in [0.1, 0.15) is 25.3 Å². The average Bonchev–Trinajstić information content (AvgIpc) is 3.04. The molecule has 14 heteroatoms. The predicted octanol–water partition coefficient (Wildman–Crippen LogP) is 5.91. The van der Waals surface area contributed by atoms with E-state index in [2.05, 4.69) is 10.1 Å². The quantitative estimate of drug-likeness (QED) is 0.473. The van der Waals surface area contributed by atoms with Crippen LogP contribution in [0.5, 0.6) is 11.5 Å². The largest absolute Gasteiger partial charge is 0.573 e. The minimum atomic E-state index is -5.02. The number of ether oxygens (including phenoxy) is 3. The van der Waals surface area contributed by atoms with Crippen molar-refractivity contribution in [1.29, 1.82) is 0 Å². The van der Waals surface area contributed by atoms with Gasteiger partial charge in [-0.1, -0.05) is 13.0 Å². The van der Waals surface area contributed by atoms with Crippen LogP contribution in [0.25, 0.3) is 0 Å². The molecular weight excluding hydrogens is 535 g/mol. The molecule has 2 aromatic carbocycles. The lowest BCUT2D eigenvalue weighted by atomic mass is 9.76.